The van der Waals surface area contributed by atoms with Gasteiger partial charge in [0.05, 0.1) is 22.3 Å². The van der Waals surface area contributed by atoms with Crippen molar-refractivity contribution in [1.82, 2.24) is 4.31 Å². The maximum Gasteiger partial charge on any atom is 0.271 e. The highest BCUT2D eigenvalue weighted by Gasteiger charge is 2.32. The Morgan fingerprint density at radius 1 is 1.23 bits per heavy atom. The Balaban J connectivity index is 1.59. The lowest BCUT2D eigenvalue weighted by Crippen LogP contribution is -2.44. The predicted molar refractivity (Wildman–Crippen MR) is 119 cm³/mol. The Morgan fingerprint density at radius 3 is 2.68 bits per heavy atom. The Kier molecular flexibility index (Phi) is 7.40. The van der Waals surface area contributed by atoms with Crippen LogP contribution in [0.5, 0.6) is 0 Å². The van der Waals surface area contributed by atoms with E-state index in [9.17, 15) is 23.3 Å². The van der Waals surface area contributed by atoms with E-state index in [4.69, 9.17) is 0 Å². The zero-order valence-electron chi connectivity index (χ0n) is 17.5. The summed E-state index contributed by atoms with van der Waals surface area (Å²) in [5, 5.41) is 13.7. The Labute approximate surface area is 182 Å². The number of nitrogens with zero attached hydrogens (tertiary/aromatic N) is 2. The molecule has 0 aromatic heterocycles. The fraction of sp³-hybridized carbons (Fsp3) is 0.409. The molecule has 3 rings (SSSR count). The molecule has 2 aromatic carbocycles. The van der Waals surface area contributed by atoms with Crippen LogP contribution in [0.1, 0.15) is 30.4 Å². The monoisotopic (exact) mass is 445 g/mol. The number of carbonyl (C=O) groups excluding carboxylic acids is 1. The van der Waals surface area contributed by atoms with Crippen LogP contribution in [0.15, 0.2) is 48.5 Å². The summed E-state index contributed by atoms with van der Waals surface area (Å²) in [5.74, 6) is -0.760. The van der Waals surface area contributed by atoms with Crippen LogP contribution in [0, 0.1) is 23.0 Å². The molecule has 1 aliphatic heterocycles. The summed E-state index contributed by atoms with van der Waals surface area (Å²) in [6, 6.07) is 14.0. The molecule has 1 heterocycles. The molecule has 0 aliphatic carbocycles. The summed E-state index contributed by atoms with van der Waals surface area (Å²) in [6.07, 6.45) is 2.39. The van der Waals surface area contributed by atoms with Crippen molar-refractivity contribution in [1.29, 1.82) is 0 Å². The number of amides is 1. The van der Waals surface area contributed by atoms with E-state index in [1.165, 1.54) is 16.4 Å². The van der Waals surface area contributed by atoms with Crippen LogP contribution in [0.3, 0.4) is 0 Å². The summed E-state index contributed by atoms with van der Waals surface area (Å²) in [4.78, 5) is 23.3. The molecule has 31 heavy (non-hydrogen) atoms. The second kappa shape index (κ2) is 10.0. The standard InChI is InChI=1S/C22H27N3O5S/c1-17-11-12-20(25(27)28)15-21(17)23-22(26)19-10-5-13-24(16-19)31(29,30)14-6-9-18-7-3-2-4-8-18/h2-4,7-8,11-12,15,19H,5-6,9-10,13-14,16H2,1H3,(H,23,26). The van der Waals surface area contributed by atoms with Crippen molar-refractivity contribution in [3.05, 3.63) is 69.8 Å². The van der Waals surface area contributed by atoms with Crippen LogP contribution in [-0.4, -0.2) is 42.4 Å². The van der Waals surface area contributed by atoms with Crippen molar-refractivity contribution in [2.75, 3.05) is 24.2 Å². The first-order valence-electron chi connectivity index (χ1n) is 10.3. The molecule has 9 heteroatoms. The van der Waals surface area contributed by atoms with Gasteiger partial charge in [-0.25, -0.2) is 12.7 Å². The second-order valence-corrected chi connectivity index (χ2v) is 9.94. The number of nitro groups is 1. The number of aryl methyl sites for hydroxylation is 2. The van der Waals surface area contributed by atoms with Gasteiger partial charge in [0, 0.05) is 25.2 Å². The number of hydrogen-bond acceptors (Lipinski definition) is 5. The molecule has 1 aliphatic rings. The summed E-state index contributed by atoms with van der Waals surface area (Å²) in [7, 11) is -3.45. The Hall–Kier alpha value is -2.78. The van der Waals surface area contributed by atoms with Gasteiger partial charge in [0.25, 0.3) is 5.69 Å². The van der Waals surface area contributed by atoms with E-state index in [1.54, 1.807) is 13.0 Å². The zero-order valence-corrected chi connectivity index (χ0v) is 18.3. The quantitative estimate of drug-likeness (QED) is 0.494. The van der Waals surface area contributed by atoms with E-state index in [1.807, 2.05) is 30.3 Å². The summed E-state index contributed by atoms with van der Waals surface area (Å²) in [6.45, 7) is 2.30. The van der Waals surface area contributed by atoms with Crippen molar-refractivity contribution in [3.8, 4) is 0 Å². The molecule has 1 unspecified atom stereocenters. The van der Waals surface area contributed by atoms with E-state index >= 15 is 0 Å². The molecule has 0 radical (unpaired) electrons. The molecular formula is C22H27N3O5S. The number of piperidine rings is 1. The third kappa shape index (κ3) is 6.11. The third-order valence-electron chi connectivity index (χ3n) is 5.55. The lowest BCUT2D eigenvalue weighted by Gasteiger charge is -2.31. The molecule has 1 fully saturated rings. The molecule has 0 spiro atoms. The van der Waals surface area contributed by atoms with Crippen LogP contribution in [0.4, 0.5) is 11.4 Å². The maximum absolute atomic E-state index is 12.8. The minimum Gasteiger partial charge on any atom is -0.325 e. The highest BCUT2D eigenvalue weighted by atomic mass is 32.2. The molecule has 8 nitrogen and oxygen atoms in total. The van der Waals surface area contributed by atoms with E-state index < -0.39 is 20.9 Å². The number of nitrogens with one attached hydrogen (secondary N) is 1. The summed E-state index contributed by atoms with van der Waals surface area (Å²) >= 11 is 0. The van der Waals surface area contributed by atoms with Gasteiger partial charge in [-0.3, -0.25) is 14.9 Å². The normalized spacial score (nSPS) is 17.3. The summed E-state index contributed by atoms with van der Waals surface area (Å²) in [5.41, 5.74) is 2.08. The van der Waals surface area contributed by atoms with Crippen molar-refractivity contribution >= 4 is 27.3 Å². The minimum absolute atomic E-state index is 0.0419. The average Bonchev–Trinajstić information content (AvgIpc) is 2.76. The molecule has 1 saturated heterocycles. The number of sulfonamides is 1. The molecule has 1 N–H and O–H groups in total. The zero-order chi connectivity index (χ0) is 22.4. The highest BCUT2D eigenvalue weighted by Crippen LogP contribution is 2.25. The van der Waals surface area contributed by atoms with Crippen molar-refractivity contribution in [2.45, 2.75) is 32.6 Å². The molecule has 166 valence electrons. The van der Waals surface area contributed by atoms with Gasteiger partial charge in [0.1, 0.15) is 0 Å². The first-order valence-corrected chi connectivity index (χ1v) is 11.9. The van der Waals surface area contributed by atoms with Gasteiger partial charge in [0.15, 0.2) is 0 Å². The van der Waals surface area contributed by atoms with Gasteiger partial charge >= 0.3 is 0 Å². The van der Waals surface area contributed by atoms with E-state index in [0.717, 1.165) is 5.56 Å². The molecule has 0 saturated carbocycles. The van der Waals surface area contributed by atoms with Crippen LogP contribution >= 0.6 is 0 Å². The van der Waals surface area contributed by atoms with E-state index in [0.29, 0.717) is 43.5 Å². The minimum atomic E-state index is -3.45. The number of nitro benzene ring substituents is 1. The number of hydrogen-bond donors (Lipinski definition) is 1. The van der Waals surface area contributed by atoms with Crippen LogP contribution in [-0.2, 0) is 21.2 Å². The lowest BCUT2D eigenvalue weighted by molar-refractivity contribution is -0.384. The number of carbonyl (C=O) groups is 1. The second-order valence-electron chi connectivity index (χ2n) is 7.85. The van der Waals surface area contributed by atoms with Crippen molar-refractivity contribution in [3.63, 3.8) is 0 Å². The first kappa shape index (κ1) is 22.9. The van der Waals surface area contributed by atoms with E-state index in [2.05, 4.69) is 5.32 Å². The van der Waals surface area contributed by atoms with Crippen molar-refractivity contribution < 1.29 is 18.1 Å². The topological polar surface area (TPSA) is 110 Å². The predicted octanol–water partition coefficient (Wildman–Crippen LogP) is 3.52. The van der Waals surface area contributed by atoms with Gasteiger partial charge in [-0.05, 0) is 43.7 Å². The van der Waals surface area contributed by atoms with Gasteiger partial charge in [-0.1, -0.05) is 36.4 Å². The molecule has 1 atom stereocenters. The Bertz CT molecular complexity index is 1040. The van der Waals surface area contributed by atoms with Crippen LogP contribution < -0.4 is 5.32 Å². The van der Waals surface area contributed by atoms with Crippen LogP contribution in [0.2, 0.25) is 0 Å². The van der Waals surface area contributed by atoms with Crippen molar-refractivity contribution in [2.24, 2.45) is 5.92 Å². The first-order chi connectivity index (χ1) is 14.8. The summed E-state index contributed by atoms with van der Waals surface area (Å²) < 4.78 is 27.0. The average molecular weight is 446 g/mol. The van der Waals surface area contributed by atoms with Crippen LogP contribution in [0.25, 0.3) is 0 Å². The SMILES string of the molecule is Cc1ccc([N+](=O)[O-])cc1NC(=O)C1CCCN(S(=O)(=O)CCCc2ccccc2)C1. The fourth-order valence-corrected chi connectivity index (χ4v) is 5.32. The number of benzene rings is 2. The fourth-order valence-electron chi connectivity index (χ4n) is 3.73. The largest absolute Gasteiger partial charge is 0.325 e. The molecule has 0 bridgehead atoms. The van der Waals surface area contributed by atoms with E-state index in [-0.39, 0.29) is 23.9 Å². The lowest BCUT2D eigenvalue weighted by atomic mass is 9.98. The third-order valence-corrected chi connectivity index (χ3v) is 7.47. The molecular weight excluding hydrogens is 418 g/mol. The maximum atomic E-state index is 12.8. The van der Waals surface area contributed by atoms with Gasteiger partial charge in [0.2, 0.25) is 15.9 Å². The number of non-ortho nitro benzene ring substituents is 1. The van der Waals surface area contributed by atoms with Gasteiger partial charge < -0.3 is 5.32 Å². The highest BCUT2D eigenvalue weighted by molar-refractivity contribution is 7.89. The van der Waals surface area contributed by atoms with Gasteiger partial charge in [-0.15, -0.1) is 0 Å². The molecule has 1 amide bonds. The van der Waals surface area contributed by atoms with Gasteiger partial charge in [-0.2, -0.15) is 0 Å². The smallest absolute Gasteiger partial charge is 0.271 e. The number of anilines is 1. The Morgan fingerprint density at radius 2 is 1.97 bits per heavy atom. The number of rotatable bonds is 8. The molecule has 2 aromatic rings.